The lowest BCUT2D eigenvalue weighted by molar-refractivity contribution is -0.145. The molecule has 4 atom stereocenters. The van der Waals surface area contributed by atoms with Gasteiger partial charge in [0.1, 0.15) is 18.1 Å². The van der Waals surface area contributed by atoms with Gasteiger partial charge in [-0.2, -0.15) is 0 Å². The summed E-state index contributed by atoms with van der Waals surface area (Å²) in [6.07, 6.45) is 1.69. The molecule has 1 heterocycles. The number of likely N-dealkylation sites (tertiary alicyclic amines) is 1. The van der Waals surface area contributed by atoms with Crippen molar-refractivity contribution in [3.8, 4) is 0 Å². The van der Waals surface area contributed by atoms with Crippen molar-refractivity contribution in [2.24, 2.45) is 28.1 Å². The first kappa shape index (κ1) is 28.1. The van der Waals surface area contributed by atoms with E-state index < -0.39 is 54.5 Å². The molecule has 0 spiro atoms. The molecule has 33 heavy (non-hydrogen) atoms. The highest BCUT2D eigenvalue weighted by Crippen LogP contribution is 2.19. The number of carboxylic acid groups (broad SMARTS) is 1. The van der Waals surface area contributed by atoms with Crippen molar-refractivity contribution in [2.45, 2.75) is 70.1 Å². The van der Waals surface area contributed by atoms with E-state index in [0.717, 1.165) is 0 Å². The number of aliphatic hydroxyl groups excluding tert-OH is 1. The third-order valence-corrected chi connectivity index (χ3v) is 5.26. The van der Waals surface area contributed by atoms with Crippen LogP contribution in [-0.4, -0.2) is 88.6 Å². The monoisotopic (exact) mass is 471 g/mol. The number of aliphatic imine (C=N–C) groups is 1. The molecule has 1 aliphatic rings. The summed E-state index contributed by atoms with van der Waals surface area (Å²) in [6.45, 7) is 3.60. The van der Waals surface area contributed by atoms with Gasteiger partial charge < -0.3 is 42.9 Å². The highest BCUT2D eigenvalue weighted by molar-refractivity contribution is 5.94. The van der Waals surface area contributed by atoms with E-state index in [2.05, 4.69) is 15.6 Å². The minimum atomic E-state index is -1.25. The molecule has 188 valence electrons. The van der Waals surface area contributed by atoms with Gasteiger partial charge in [-0.1, -0.05) is 13.8 Å². The third kappa shape index (κ3) is 9.22. The first-order valence-electron chi connectivity index (χ1n) is 11.0. The number of carboxylic acids is 1. The maximum Gasteiger partial charge on any atom is 0.326 e. The van der Waals surface area contributed by atoms with Gasteiger partial charge in [-0.3, -0.25) is 19.4 Å². The van der Waals surface area contributed by atoms with E-state index in [1.165, 1.54) is 4.90 Å². The van der Waals surface area contributed by atoms with Gasteiger partial charge in [0.05, 0.1) is 12.6 Å². The van der Waals surface area contributed by atoms with Crippen LogP contribution in [0.15, 0.2) is 4.99 Å². The predicted molar refractivity (Wildman–Crippen MR) is 121 cm³/mol. The first-order chi connectivity index (χ1) is 15.5. The summed E-state index contributed by atoms with van der Waals surface area (Å²) < 4.78 is 0. The molecule has 0 aliphatic carbocycles. The fourth-order valence-corrected chi connectivity index (χ4v) is 3.61. The fourth-order valence-electron chi connectivity index (χ4n) is 3.61. The largest absolute Gasteiger partial charge is 0.480 e. The smallest absolute Gasteiger partial charge is 0.326 e. The van der Waals surface area contributed by atoms with Crippen LogP contribution in [0, 0.1) is 5.92 Å². The Hall–Kier alpha value is -2.93. The Morgan fingerprint density at radius 3 is 2.36 bits per heavy atom. The SMILES string of the molecule is CC(C)CC(N)C(=O)NC(CO)C(=O)N1CCCC1C(=O)NC(CCCN=C(N)N)C(=O)O. The average Bonchev–Trinajstić information content (AvgIpc) is 3.22. The molecule has 0 radical (unpaired) electrons. The van der Waals surface area contributed by atoms with Gasteiger partial charge in [-0.25, -0.2) is 4.79 Å². The Morgan fingerprint density at radius 2 is 1.82 bits per heavy atom. The van der Waals surface area contributed by atoms with Gasteiger partial charge in [0.15, 0.2) is 5.96 Å². The molecule has 1 fully saturated rings. The zero-order valence-electron chi connectivity index (χ0n) is 19.2. The number of hydrogen-bond donors (Lipinski definition) is 7. The zero-order chi connectivity index (χ0) is 25.1. The summed E-state index contributed by atoms with van der Waals surface area (Å²) in [5.74, 6) is -2.97. The molecule has 0 bridgehead atoms. The van der Waals surface area contributed by atoms with Crippen LogP contribution in [0.25, 0.3) is 0 Å². The second kappa shape index (κ2) is 13.6. The number of nitrogens with two attached hydrogens (primary N) is 3. The number of carbonyl (C=O) groups is 4. The normalized spacial score (nSPS) is 18.3. The maximum absolute atomic E-state index is 12.9. The van der Waals surface area contributed by atoms with Crippen LogP contribution in [0.1, 0.15) is 46.0 Å². The van der Waals surface area contributed by atoms with E-state index in [4.69, 9.17) is 17.2 Å². The van der Waals surface area contributed by atoms with E-state index in [1.807, 2.05) is 13.8 Å². The number of aliphatic carboxylic acids is 1. The van der Waals surface area contributed by atoms with Crippen LogP contribution in [0.3, 0.4) is 0 Å². The van der Waals surface area contributed by atoms with Crippen molar-refractivity contribution in [3.63, 3.8) is 0 Å². The Labute approximate surface area is 193 Å². The quantitative estimate of drug-likeness (QED) is 0.0850. The molecule has 4 unspecified atom stereocenters. The van der Waals surface area contributed by atoms with Gasteiger partial charge in [0.2, 0.25) is 17.7 Å². The lowest BCUT2D eigenvalue weighted by Gasteiger charge is -2.29. The molecule has 0 aromatic heterocycles. The Kier molecular flexibility index (Phi) is 11.6. The molecular formula is C20H37N7O6. The summed E-state index contributed by atoms with van der Waals surface area (Å²) in [4.78, 5) is 54.6. The number of hydrogen-bond acceptors (Lipinski definition) is 7. The molecule has 13 heteroatoms. The lowest BCUT2D eigenvalue weighted by Crippen LogP contribution is -2.57. The molecule has 3 amide bonds. The molecular weight excluding hydrogens is 434 g/mol. The van der Waals surface area contributed by atoms with Crippen molar-refractivity contribution in [1.82, 2.24) is 15.5 Å². The lowest BCUT2D eigenvalue weighted by atomic mass is 10.0. The van der Waals surface area contributed by atoms with Crippen LogP contribution in [-0.2, 0) is 19.2 Å². The highest BCUT2D eigenvalue weighted by Gasteiger charge is 2.39. The number of amides is 3. The molecule has 1 aliphatic heterocycles. The topological polar surface area (TPSA) is 226 Å². The van der Waals surface area contributed by atoms with Crippen molar-refractivity contribution in [2.75, 3.05) is 19.7 Å². The van der Waals surface area contributed by atoms with Crippen LogP contribution in [0.4, 0.5) is 0 Å². The standard InChI is InChI=1S/C20H37N7O6/c1-11(2)9-12(21)16(29)26-14(10-28)18(31)27-8-4-6-15(27)17(30)25-13(19(32)33)5-3-7-24-20(22)23/h11-15,28H,3-10,21H2,1-2H3,(H,25,30)(H,26,29)(H,32,33)(H4,22,23,24). The van der Waals surface area contributed by atoms with E-state index in [9.17, 15) is 29.4 Å². The van der Waals surface area contributed by atoms with Gasteiger partial charge in [-0.05, 0) is 38.0 Å². The minimum absolute atomic E-state index is 0.0988. The Bertz CT molecular complexity index is 726. The van der Waals surface area contributed by atoms with Crippen molar-refractivity contribution >= 4 is 29.7 Å². The minimum Gasteiger partial charge on any atom is -0.480 e. The van der Waals surface area contributed by atoms with Gasteiger partial charge in [0, 0.05) is 13.1 Å². The molecule has 10 N–H and O–H groups in total. The third-order valence-electron chi connectivity index (χ3n) is 5.26. The predicted octanol–water partition coefficient (Wildman–Crippen LogP) is -2.55. The molecule has 0 saturated carbocycles. The molecule has 0 aromatic rings. The first-order valence-corrected chi connectivity index (χ1v) is 11.0. The number of carbonyl (C=O) groups excluding carboxylic acids is 3. The second-order valence-corrected chi connectivity index (χ2v) is 8.52. The maximum atomic E-state index is 12.9. The average molecular weight is 472 g/mol. The van der Waals surface area contributed by atoms with Gasteiger partial charge >= 0.3 is 5.97 Å². The van der Waals surface area contributed by atoms with Crippen LogP contribution < -0.4 is 27.8 Å². The van der Waals surface area contributed by atoms with E-state index >= 15 is 0 Å². The van der Waals surface area contributed by atoms with Crippen molar-refractivity contribution in [1.29, 1.82) is 0 Å². The van der Waals surface area contributed by atoms with E-state index in [-0.39, 0.29) is 31.4 Å². The summed E-state index contributed by atoms with van der Waals surface area (Å²) in [6, 6.07) is -4.17. The number of nitrogens with zero attached hydrogens (tertiary/aromatic N) is 2. The van der Waals surface area contributed by atoms with Gasteiger partial charge in [0.25, 0.3) is 0 Å². The fraction of sp³-hybridized carbons (Fsp3) is 0.750. The van der Waals surface area contributed by atoms with Crippen LogP contribution in [0.5, 0.6) is 0 Å². The summed E-state index contributed by atoms with van der Waals surface area (Å²) >= 11 is 0. The number of nitrogens with one attached hydrogen (secondary N) is 2. The van der Waals surface area contributed by atoms with E-state index in [1.54, 1.807) is 0 Å². The molecule has 0 aromatic carbocycles. The zero-order valence-corrected chi connectivity index (χ0v) is 19.2. The molecule has 1 rings (SSSR count). The van der Waals surface area contributed by atoms with E-state index in [0.29, 0.717) is 25.7 Å². The number of rotatable bonds is 13. The van der Waals surface area contributed by atoms with Crippen LogP contribution >= 0.6 is 0 Å². The van der Waals surface area contributed by atoms with Crippen LogP contribution in [0.2, 0.25) is 0 Å². The molecule has 1 saturated heterocycles. The number of guanidine groups is 1. The summed E-state index contributed by atoms with van der Waals surface area (Å²) in [5.41, 5.74) is 16.3. The molecule has 13 nitrogen and oxygen atoms in total. The Morgan fingerprint density at radius 1 is 1.15 bits per heavy atom. The number of aliphatic hydroxyl groups is 1. The van der Waals surface area contributed by atoms with Crippen molar-refractivity contribution < 1.29 is 29.4 Å². The van der Waals surface area contributed by atoms with Gasteiger partial charge in [-0.15, -0.1) is 0 Å². The van der Waals surface area contributed by atoms with Crippen molar-refractivity contribution in [3.05, 3.63) is 0 Å². The second-order valence-electron chi connectivity index (χ2n) is 8.52. The Balaban J connectivity index is 2.77. The summed E-state index contributed by atoms with van der Waals surface area (Å²) in [7, 11) is 0. The highest BCUT2D eigenvalue weighted by atomic mass is 16.4. The summed E-state index contributed by atoms with van der Waals surface area (Å²) in [5, 5.41) is 24.0.